The highest BCUT2D eigenvalue weighted by Crippen LogP contribution is 2.28. The Morgan fingerprint density at radius 1 is 0.872 bits per heavy atom. The fourth-order valence-corrected chi connectivity index (χ4v) is 5.70. The van der Waals surface area contributed by atoms with Gasteiger partial charge in [0.1, 0.15) is 12.6 Å². The van der Waals surface area contributed by atoms with Crippen LogP contribution in [0.3, 0.4) is 0 Å². The first-order valence-corrected chi connectivity index (χ1v) is 14.7. The number of hydrogen-bond acceptors (Lipinski definition) is 4. The lowest BCUT2D eigenvalue weighted by Crippen LogP contribution is -2.51. The summed E-state index contributed by atoms with van der Waals surface area (Å²) in [7, 11) is -4.14. The Morgan fingerprint density at radius 2 is 1.46 bits per heavy atom. The quantitative estimate of drug-likeness (QED) is 0.338. The van der Waals surface area contributed by atoms with E-state index < -0.39 is 28.5 Å². The van der Waals surface area contributed by atoms with E-state index in [4.69, 9.17) is 11.6 Å². The predicted octanol–water partition coefficient (Wildman–Crippen LogP) is 5.34. The average Bonchev–Trinajstić information content (AvgIpc) is 2.90. The molecule has 208 valence electrons. The Balaban J connectivity index is 2.03. The van der Waals surface area contributed by atoms with Gasteiger partial charge in [-0.05, 0) is 73.7 Å². The molecule has 0 aliphatic heterocycles. The van der Waals surface area contributed by atoms with E-state index >= 15 is 0 Å². The van der Waals surface area contributed by atoms with Gasteiger partial charge in [0.05, 0.1) is 10.6 Å². The molecule has 0 saturated heterocycles. The standard InChI is InChI=1S/C30H36ClN3O4S/c1-21(2)18-32-30(36)24(5)33(19-25-12-8-6-10-22(25)3)29(35)20-34(28-13-9-7-11-23(28)4)39(37,38)27-16-14-26(31)15-17-27/h6-17,21,24H,18-20H2,1-5H3,(H,32,36)/t24-/m1/s1. The van der Waals surface area contributed by atoms with Crippen molar-refractivity contribution in [2.45, 2.75) is 52.1 Å². The Bertz CT molecular complexity index is 1410. The SMILES string of the molecule is Cc1ccccc1CN(C(=O)CN(c1ccccc1C)S(=O)(=O)c1ccc(Cl)cc1)[C@H](C)C(=O)NCC(C)C. The summed E-state index contributed by atoms with van der Waals surface area (Å²) in [6.07, 6.45) is 0. The van der Waals surface area contributed by atoms with Crippen molar-refractivity contribution in [3.8, 4) is 0 Å². The van der Waals surface area contributed by atoms with Crippen LogP contribution in [0, 0.1) is 19.8 Å². The number of carbonyl (C=O) groups excluding carboxylic acids is 2. The summed E-state index contributed by atoms with van der Waals surface area (Å²) < 4.78 is 28.9. The topological polar surface area (TPSA) is 86.8 Å². The van der Waals surface area contributed by atoms with Gasteiger partial charge in [0.15, 0.2) is 0 Å². The monoisotopic (exact) mass is 569 g/mol. The second-order valence-corrected chi connectivity index (χ2v) is 12.3. The zero-order valence-electron chi connectivity index (χ0n) is 23.0. The number of amides is 2. The van der Waals surface area contributed by atoms with Crippen LogP contribution in [0.4, 0.5) is 5.69 Å². The summed E-state index contributed by atoms with van der Waals surface area (Å²) in [5, 5.41) is 3.30. The molecule has 0 radical (unpaired) electrons. The van der Waals surface area contributed by atoms with Crippen LogP contribution in [0.1, 0.15) is 37.5 Å². The third kappa shape index (κ3) is 7.61. The number of benzene rings is 3. The first-order valence-electron chi connectivity index (χ1n) is 12.9. The fourth-order valence-electron chi connectivity index (χ4n) is 4.10. The van der Waals surface area contributed by atoms with Crippen molar-refractivity contribution in [1.82, 2.24) is 10.2 Å². The van der Waals surface area contributed by atoms with Crippen LogP contribution in [0.5, 0.6) is 0 Å². The van der Waals surface area contributed by atoms with Crippen LogP contribution in [-0.4, -0.2) is 44.3 Å². The van der Waals surface area contributed by atoms with Gasteiger partial charge in [-0.25, -0.2) is 8.42 Å². The molecule has 0 saturated carbocycles. The Hall–Kier alpha value is -3.36. The van der Waals surface area contributed by atoms with Crippen LogP contribution >= 0.6 is 11.6 Å². The first-order chi connectivity index (χ1) is 18.4. The largest absolute Gasteiger partial charge is 0.354 e. The molecular weight excluding hydrogens is 534 g/mol. The van der Waals surface area contributed by atoms with Gasteiger partial charge in [0.2, 0.25) is 11.8 Å². The van der Waals surface area contributed by atoms with Crippen LogP contribution in [0.15, 0.2) is 77.7 Å². The molecule has 0 aliphatic rings. The van der Waals surface area contributed by atoms with E-state index in [9.17, 15) is 18.0 Å². The van der Waals surface area contributed by atoms with Crippen molar-refractivity contribution in [2.24, 2.45) is 5.92 Å². The molecule has 0 heterocycles. The van der Waals surface area contributed by atoms with Crippen LogP contribution in [0.25, 0.3) is 0 Å². The molecule has 1 N–H and O–H groups in total. The molecule has 3 aromatic rings. The third-order valence-corrected chi connectivity index (χ3v) is 8.54. The summed E-state index contributed by atoms with van der Waals surface area (Å²) >= 11 is 6.00. The minimum atomic E-state index is -4.14. The van der Waals surface area contributed by atoms with Crippen molar-refractivity contribution in [3.05, 3.63) is 94.5 Å². The average molecular weight is 570 g/mol. The Kier molecular flexibility index (Phi) is 10.2. The minimum Gasteiger partial charge on any atom is -0.354 e. The maximum atomic E-state index is 14.0. The molecule has 9 heteroatoms. The number of anilines is 1. The van der Waals surface area contributed by atoms with Gasteiger partial charge in [-0.3, -0.25) is 13.9 Å². The molecule has 0 aliphatic carbocycles. The molecule has 3 rings (SSSR count). The van der Waals surface area contributed by atoms with Gasteiger partial charge in [0.25, 0.3) is 10.0 Å². The molecule has 1 atom stereocenters. The smallest absolute Gasteiger partial charge is 0.264 e. The molecule has 7 nitrogen and oxygen atoms in total. The van der Waals surface area contributed by atoms with E-state index in [1.165, 1.54) is 29.2 Å². The van der Waals surface area contributed by atoms with Crippen molar-refractivity contribution in [3.63, 3.8) is 0 Å². The first kappa shape index (κ1) is 30.2. The summed E-state index contributed by atoms with van der Waals surface area (Å²) in [4.78, 5) is 28.5. The summed E-state index contributed by atoms with van der Waals surface area (Å²) in [5.41, 5.74) is 2.91. The van der Waals surface area contributed by atoms with Crippen molar-refractivity contribution in [1.29, 1.82) is 0 Å². The summed E-state index contributed by atoms with van der Waals surface area (Å²) in [6.45, 7) is 9.51. The number of para-hydroxylation sites is 1. The second kappa shape index (κ2) is 13.1. The van der Waals surface area contributed by atoms with Crippen molar-refractivity contribution in [2.75, 3.05) is 17.4 Å². The number of sulfonamides is 1. The normalized spacial score (nSPS) is 12.2. The molecular formula is C30H36ClN3O4S. The van der Waals surface area contributed by atoms with E-state index in [-0.39, 0.29) is 23.3 Å². The molecule has 0 spiro atoms. The highest BCUT2D eigenvalue weighted by molar-refractivity contribution is 7.92. The zero-order valence-corrected chi connectivity index (χ0v) is 24.6. The number of nitrogens with one attached hydrogen (secondary N) is 1. The van der Waals surface area contributed by atoms with E-state index in [0.717, 1.165) is 15.4 Å². The third-order valence-electron chi connectivity index (χ3n) is 6.52. The van der Waals surface area contributed by atoms with E-state index in [0.29, 0.717) is 22.8 Å². The zero-order chi connectivity index (χ0) is 28.7. The van der Waals surface area contributed by atoms with E-state index in [1.54, 1.807) is 38.1 Å². The Labute approximate surface area is 236 Å². The lowest BCUT2D eigenvalue weighted by Gasteiger charge is -2.32. The van der Waals surface area contributed by atoms with Gasteiger partial charge in [-0.1, -0.05) is 67.9 Å². The van der Waals surface area contributed by atoms with Crippen LogP contribution in [-0.2, 0) is 26.2 Å². The molecule has 0 aromatic heterocycles. The van der Waals surface area contributed by atoms with Crippen molar-refractivity contribution >= 4 is 39.1 Å². The molecule has 0 bridgehead atoms. The number of aryl methyl sites for hydroxylation is 2. The highest BCUT2D eigenvalue weighted by Gasteiger charge is 2.33. The van der Waals surface area contributed by atoms with Gasteiger partial charge in [0, 0.05) is 18.1 Å². The number of rotatable bonds is 11. The number of hydrogen-bond donors (Lipinski definition) is 1. The fraction of sp³-hybridized carbons (Fsp3) is 0.333. The molecule has 3 aromatic carbocycles. The predicted molar refractivity (Wildman–Crippen MR) is 156 cm³/mol. The van der Waals surface area contributed by atoms with Crippen LogP contribution < -0.4 is 9.62 Å². The molecule has 2 amide bonds. The summed E-state index contributed by atoms with van der Waals surface area (Å²) in [5.74, 6) is -0.553. The maximum Gasteiger partial charge on any atom is 0.264 e. The van der Waals surface area contributed by atoms with Crippen molar-refractivity contribution < 1.29 is 18.0 Å². The maximum absolute atomic E-state index is 14.0. The highest BCUT2D eigenvalue weighted by atomic mass is 35.5. The van der Waals surface area contributed by atoms with E-state index in [2.05, 4.69) is 5.32 Å². The van der Waals surface area contributed by atoms with Gasteiger partial charge in [-0.15, -0.1) is 0 Å². The van der Waals surface area contributed by atoms with Gasteiger partial charge < -0.3 is 10.2 Å². The summed E-state index contributed by atoms with van der Waals surface area (Å²) in [6, 6.07) is 19.6. The Morgan fingerprint density at radius 3 is 2.05 bits per heavy atom. The second-order valence-electron chi connectivity index (χ2n) is 10.0. The minimum absolute atomic E-state index is 0.0103. The lowest BCUT2D eigenvalue weighted by molar-refractivity contribution is -0.139. The number of halogens is 1. The lowest BCUT2D eigenvalue weighted by atomic mass is 10.1. The van der Waals surface area contributed by atoms with Crippen LogP contribution in [0.2, 0.25) is 5.02 Å². The number of nitrogens with zero attached hydrogens (tertiary/aromatic N) is 2. The number of carbonyl (C=O) groups is 2. The molecule has 39 heavy (non-hydrogen) atoms. The van der Waals surface area contributed by atoms with Gasteiger partial charge >= 0.3 is 0 Å². The molecule has 0 fully saturated rings. The molecule has 0 unspecified atom stereocenters. The van der Waals surface area contributed by atoms with E-state index in [1.807, 2.05) is 45.0 Å². The van der Waals surface area contributed by atoms with Gasteiger partial charge in [-0.2, -0.15) is 0 Å².